The van der Waals surface area contributed by atoms with Gasteiger partial charge in [-0.1, -0.05) is 18.9 Å². The molecule has 1 aliphatic heterocycles. The molecular formula is C22H31IN4O2S. The zero-order valence-corrected chi connectivity index (χ0v) is 21.1. The van der Waals surface area contributed by atoms with E-state index in [4.69, 9.17) is 9.47 Å². The topological polar surface area (TPSA) is 67.8 Å². The van der Waals surface area contributed by atoms with E-state index in [9.17, 15) is 0 Å². The van der Waals surface area contributed by atoms with Crippen LogP contribution in [0.3, 0.4) is 0 Å². The Kier molecular flexibility index (Phi) is 7.84. The molecule has 8 heteroatoms. The standard InChI is InChI=1S/C22H30N4O2S.HI/c1-15-20(29-16(2)26-15)13-24-21(23-3)25-14-22(8-4-5-9-22)17-6-7-18-19(12-17)28-11-10-27-18;/h6-7,12H,4-5,8-11,13-14H2,1-3H3,(H2,23,24,25);1H. The normalized spacial score (nSPS) is 17.4. The third-order valence-corrected chi connectivity index (χ3v) is 7.02. The first kappa shape index (κ1) is 23.1. The highest BCUT2D eigenvalue weighted by Crippen LogP contribution is 2.43. The zero-order valence-electron chi connectivity index (χ0n) is 17.9. The first-order valence-electron chi connectivity index (χ1n) is 10.4. The summed E-state index contributed by atoms with van der Waals surface area (Å²) in [7, 11) is 1.82. The van der Waals surface area contributed by atoms with E-state index in [0.29, 0.717) is 13.2 Å². The van der Waals surface area contributed by atoms with Gasteiger partial charge >= 0.3 is 0 Å². The van der Waals surface area contributed by atoms with Crippen molar-refractivity contribution in [2.45, 2.75) is 51.5 Å². The molecule has 1 aliphatic carbocycles. The number of aromatic nitrogens is 1. The Hall–Kier alpha value is -1.55. The van der Waals surface area contributed by atoms with E-state index >= 15 is 0 Å². The van der Waals surface area contributed by atoms with Gasteiger partial charge < -0.3 is 20.1 Å². The number of aryl methyl sites for hydroxylation is 2. The lowest BCUT2D eigenvalue weighted by Crippen LogP contribution is -2.44. The second-order valence-corrected chi connectivity index (χ2v) is 9.15. The molecule has 2 N–H and O–H groups in total. The number of halogens is 1. The average Bonchev–Trinajstić information content (AvgIpc) is 3.34. The Morgan fingerprint density at radius 3 is 2.53 bits per heavy atom. The number of ether oxygens (including phenoxy) is 2. The van der Waals surface area contributed by atoms with Gasteiger partial charge in [0.1, 0.15) is 13.2 Å². The predicted octanol–water partition coefficient (Wildman–Crippen LogP) is 4.33. The number of benzene rings is 1. The third-order valence-electron chi connectivity index (χ3n) is 5.95. The molecule has 1 fully saturated rings. The molecule has 0 atom stereocenters. The number of thiazole rings is 1. The molecule has 0 unspecified atom stereocenters. The molecule has 1 aromatic heterocycles. The summed E-state index contributed by atoms with van der Waals surface area (Å²) in [5.74, 6) is 2.56. The third kappa shape index (κ3) is 5.01. The smallest absolute Gasteiger partial charge is 0.191 e. The summed E-state index contributed by atoms with van der Waals surface area (Å²) in [6, 6.07) is 6.45. The average molecular weight is 542 g/mol. The molecule has 0 spiro atoms. The van der Waals surface area contributed by atoms with Gasteiger partial charge in [-0.05, 0) is 44.4 Å². The van der Waals surface area contributed by atoms with Gasteiger partial charge in [0, 0.05) is 23.9 Å². The lowest BCUT2D eigenvalue weighted by atomic mass is 9.78. The zero-order chi connectivity index (χ0) is 20.3. The molecule has 1 aromatic carbocycles. The van der Waals surface area contributed by atoms with Crippen molar-refractivity contribution >= 4 is 41.3 Å². The summed E-state index contributed by atoms with van der Waals surface area (Å²) in [6.07, 6.45) is 4.84. The van der Waals surface area contributed by atoms with Gasteiger partial charge in [0.2, 0.25) is 0 Å². The van der Waals surface area contributed by atoms with Crippen LogP contribution in [0.5, 0.6) is 11.5 Å². The molecule has 0 bridgehead atoms. The Bertz CT molecular complexity index is 893. The number of fused-ring (bicyclic) bond motifs is 1. The van der Waals surface area contributed by atoms with Crippen molar-refractivity contribution in [1.29, 1.82) is 0 Å². The van der Waals surface area contributed by atoms with Gasteiger partial charge in [0.25, 0.3) is 0 Å². The molecule has 164 valence electrons. The fraction of sp³-hybridized carbons (Fsp3) is 0.545. The van der Waals surface area contributed by atoms with E-state index in [0.717, 1.165) is 41.2 Å². The van der Waals surface area contributed by atoms with Crippen LogP contribution in [0, 0.1) is 13.8 Å². The van der Waals surface area contributed by atoms with Gasteiger partial charge in [-0.25, -0.2) is 4.98 Å². The van der Waals surface area contributed by atoms with Crippen LogP contribution in [0.4, 0.5) is 0 Å². The number of nitrogens with one attached hydrogen (secondary N) is 2. The molecule has 30 heavy (non-hydrogen) atoms. The summed E-state index contributed by atoms with van der Waals surface area (Å²) < 4.78 is 11.5. The summed E-state index contributed by atoms with van der Waals surface area (Å²) in [5, 5.41) is 8.13. The summed E-state index contributed by atoms with van der Waals surface area (Å²) in [5.41, 5.74) is 2.53. The van der Waals surface area contributed by atoms with Gasteiger partial charge in [-0.2, -0.15) is 0 Å². The van der Waals surface area contributed by atoms with E-state index < -0.39 is 0 Å². The molecule has 2 heterocycles. The van der Waals surface area contributed by atoms with E-state index in [-0.39, 0.29) is 29.4 Å². The SMILES string of the molecule is CN=C(NCc1sc(C)nc1C)NCC1(c2ccc3c(c2)OCCO3)CCCC1.I. The van der Waals surface area contributed by atoms with Gasteiger partial charge in [-0.3, -0.25) is 4.99 Å². The van der Waals surface area contributed by atoms with Crippen molar-refractivity contribution in [2.75, 3.05) is 26.8 Å². The summed E-state index contributed by atoms with van der Waals surface area (Å²) in [6.45, 7) is 6.95. The lowest BCUT2D eigenvalue weighted by Gasteiger charge is -2.32. The van der Waals surface area contributed by atoms with Crippen LogP contribution in [-0.2, 0) is 12.0 Å². The van der Waals surface area contributed by atoms with Crippen molar-refractivity contribution in [2.24, 2.45) is 4.99 Å². The molecule has 6 nitrogen and oxygen atoms in total. The van der Waals surface area contributed by atoms with Crippen molar-refractivity contribution in [1.82, 2.24) is 15.6 Å². The highest BCUT2D eigenvalue weighted by molar-refractivity contribution is 14.0. The van der Waals surface area contributed by atoms with E-state index in [1.807, 2.05) is 14.0 Å². The largest absolute Gasteiger partial charge is 0.486 e. The van der Waals surface area contributed by atoms with Crippen LogP contribution in [0.25, 0.3) is 0 Å². The molecule has 0 amide bonds. The quantitative estimate of drug-likeness (QED) is 0.335. The predicted molar refractivity (Wildman–Crippen MR) is 133 cm³/mol. The van der Waals surface area contributed by atoms with Crippen LogP contribution in [0.1, 0.15) is 46.8 Å². The van der Waals surface area contributed by atoms with Crippen LogP contribution >= 0.6 is 35.3 Å². The number of hydrogen-bond acceptors (Lipinski definition) is 5. The Labute approximate surface area is 199 Å². The Balaban J connectivity index is 0.00000256. The number of aliphatic imine (C=N–C) groups is 1. The molecule has 2 aromatic rings. The molecule has 4 rings (SSSR count). The fourth-order valence-corrected chi connectivity index (χ4v) is 5.24. The monoisotopic (exact) mass is 542 g/mol. The first-order valence-corrected chi connectivity index (χ1v) is 11.2. The molecular weight excluding hydrogens is 511 g/mol. The Morgan fingerprint density at radius 2 is 1.87 bits per heavy atom. The van der Waals surface area contributed by atoms with E-state index in [1.54, 1.807) is 11.3 Å². The highest BCUT2D eigenvalue weighted by atomic mass is 127. The minimum atomic E-state index is 0. The van der Waals surface area contributed by atoms with Crippen LogP contribution in [-0.4, -0.2) is 37.7 Å². The number of hydrogen-bond donors (Lipinski definition) is 2. The molecule has 1 saturated carbocycles. The van der Waals surface area contributed by atoms with Crippen molar-refractivity contribution in [3.63, 3.8) is 0 Å². The minimum Gasteiger partial charge on any atom is -0.486 e. The highest BCUT2D eigenvalue weighted by Gasteiger charge is 2.36. The number of nitrogens with zero attached hydrogens (tertiary/aromatic N) is 2. The van der Waals surface area contributed by atoms with Crippen molar-refractivity contribution in [3.05, 3.63) is 39.3 Å². The second-order valence-electron chi connectivity index (χ2n) is 7.87. The van der Waals surface area contributed by atoms with Crippen LogP contribution in [0.2, 0.25) is 0 Å². The molecule has 2 aliphatic rings. The van der Waals surface area contributed by atoms with Crippen LogP contribution in [0.15, 0.2) is 23.2 Å². The number of guanidine groups is 1. The maximum Gasteiger partial charge on any atom is 0.191 e. The summed E-state index contributed by atoms with van der Waals surface area (Å²) in [4.78, 5) is 10.2. The lowest BCUT2D eigenvalue weighted by molar-refractivity contribution is 0.171. The van der Waals surface area contributed by atoms with Gasteiger partial charge in [0.15, 0.2) is 17.5 Å². The maximum atomic E-state index is 5.83. The summed E-state index contributed by atoms with van der Waals surface area (Å²) >= 11 is 1.74. The van der Waals surface area contributed by atoms with Gasteiger partial charge in [0.05, 0.1) is 17.2 Å². The number of rotatable bonds is 5. The van der Waals surface area contributed by atoms with Crippen molar-refractivity contribution in [3.8, 4) is 11.5 Å². The maximum absolute atomic E-state index is 5.83. The Morgan fingerprint density at radius 1 is 1.13 bits per heavy atom. The van der Waals surface area contributed by atoms with Gasteiger partial charge in [-0.15, -0.1) is 35.3 Å². The first-order chi connectivity index (χ1) is 14.1. The van der Waals surface area contributed by atoms with E-state index in [2.05, 4.69) is 45.7 Å². The van der Waals surface area contributed by atoms with E-state index in [1.165, 1.54) is 36.1 Å². The van der Waals surface area contributed by atoms with Crippen LogP contribution < -0.4 is 20.1 Å². The fourth-order valence-electron chi connectivity index (χ4n) is 4.37. The molecule has 0 radical (unpaired) electrons. The minimum absolute atomic E-state index is 0. The van der Waals surface area contributed by atoms with Crippen molar-refractivity contribution < 1.29 is 9.47 Å². The molecule has 0 saturated heterocycles. The second kappa shape index (κ2) is 10.2.